The molecule has 0 fully saturated rings. The Hall–Kier alpha value is -0.130. The standard InChI is InChI=1S/C24H52N.C8H18O3S/c1-5-9-13-17-21-25(22-18-14-10-6-2,23-19-15-11-7-3)24-20-16-12-8-4;1-2-3-4-5-6-7-8-12(9,10)11/h5-24H2,1-4H3;2-8H2,1H3,(H,9,10,11)/q+1;/p-1. The normalized spacial score (nSPS) is 11.9. The zero-order valence-corrected chi connectivity index (χ0v) is 27.0. The molecule has 0 aromatic carbocycles. The Balaban J connectivity index is 0. The van der Waals surface area contributed by atoms with Crippen LogP contribution in [0.25, 0.3) is 0 Å². The van der Waals surface area contributed by atoms with E-state index in [4.69, 9.17) is 0 Å². The molecule has 0 N–H and O–H groups in total. The number of hydrogen-bond acceptors (Lipinski definition) is 3. The molecule has 4 nitrogen and oxygen atoms in total. The Morgan fingerprint density at radius 1 is 0.405 bits per heavy atom. The number of nitrogens with zero attached hydrogens (tertiary/aromatic N) is 1. The lowest BCUT2D eigenvalue weighted by Crippen LogP contribution is -2.50. The van der Waals surface area contributed by atoms with Crippen LogP contribution in [0.2, 0.25) is 0 Å². The van der Waals surface area contributed by atoms with Crippen LogP contribution < -0.4 is 0 Å². The second-order valence-electron chi connectivity index (χ2n) is 11.5. The highest BCUT2D eigenvalue weighted by Gasteiger charge is 2.25. The van der Waals surface area contributed by atoms with Gasteiger partial charge in [-0.25, -0.2) is 8.42 Å². The second-order valence-corrected chi connectivity index (χ2v) is 13.0. The summed E-state index contributed by atoms with van der Waals surface area (Å²) in [5, 5.41) is 0. The molecule has 0 heterocycles. The highest BCUT2D eigenvalue weighted by atomic mass is 32.2. The smallest absolute Gasteiger partial charge is 0.0945 e. The fraction of sp³-hybridized carbons (Fsp3) is 1.00. The molecule has 0 aromatic heterocycles. The molecule has 0 aromatic rings. The second kappa shape index (κ2) is 28.9. The zero-order chi connectivity index (χ0) is 28.1. The molecule has 0 saturated heterocycles. The van der Waals surface area contributed by atoms with Crippen LogP contribution >= 0.6 is 0 Å². The van der Waals surface area contributed by atoms with Crippen molar-refractivity contribution in [2.24, 2.45) is 0 Å². The number of quaternary nitrogens is 1. The number of unbranched alkanes of at least 4 members (excludes halogenated alkanes) is 17. The Kier molecular flexibility index (Phi) is 30.4. The molecule has 0 atom stereocenters. The third-order valence-electron chi connectivity index (χ3n) is 7.69. The van der Waals surface area contributed by atoms with Crippen molar-refractivity contribution in [1.29, 1.82) is 0 Å². The molecule has 226 valence electrons. The van der Waals surface area contributed by atoms with Crippen LogP contribution in [0.15, 0.2) is 0 Å². The summed E-state index contributed by atoms with van der Waals surface area (Å²) in [7, 11) is -3.97. The molecule has 0 radical (unpaired) electrons. The van der Waals surface area contributed by atoms with E-state index in [1.165, 1.54) is 146 Å². The summed E-state index contributed by atoms with van der Waals surface area (Å²) in [6, 6.07) is 0. The Bertz CT molecular complexity index is 483. The summed E-state index contributed by atoms with van der Waals surface area (Å²) >= 11 is 0. The maximum atomic E-state index is 10.2. The van der Waals surface area contributed by atoms with Gasteiger partial charge in [0.15, 0.2) is 0 Å². The van der Waals surface area contributed by atoms with Crippen molar-refractivity contribution in [2.45, 2.75) is 176 Å². The fourth-order valence-electron chi connectivity index (χ4n) is 5.23. The van der Waals surface area contributed by atoms with E-state index in [1.807, 2.05) is 0 Å². The zero-order valence-electron chi connectivity index (χ0n) is 26.2. The van der Waals surface area contributed by atoms with Gasteiger partial charge >= 0.3 is 0 Å². The van der Waals surface area contributed by atoms with Crippen molar-refractivity contribution in [3.63, 3.8) is 0 Å². The van der Waals surface area contributed by atoms with Gasteiger partial charge in [0, 0.05) is 5.75 Å². The molecule has 0 bridgehead atoms. The monoisotopic (exact) mass is 547 g/mol. The summed E-state index contributed by atoms with van der Waals surface area (Å²) in [4.78, 5) is 0. The predicted octanol–water partition coefficient (Wildman–Crippen LogP) is 10.0. The molecule has 5 heteroatoms. The van der Waals surface area contributed by atoms with Crippen molar-refractivity contribution < 1.29 is 17.5 Å². The lowest BCUT2D eigenvalue weighted by molar-refractivity contribution is -0.929. The van der Waals surface area contributed by atoms with Crippen molar-refractivity contribution in [2.75, 3.05) is 31.9 Å². The maximum absolute atomic E-state index is 10.2. The van der Waals surface area contributed by atoms with Crippen molar-refractivity contribution in [1.82, 2.24) is 0 Å². The van der Waals surface area contributed by atoms with Gasteiger partial charge in [0.05, 0.1) is 36.3 Å². The van der Waals surface area contributed by atoms with E-state index in [0.717, 1.165) is 19.3 Å². The van der Waals surface area contributed by atoms with Gasteiger partial charge in [-0.1, -0.05) is 118 Å². The highest BCUT2D eigenvalue weighted by molar-refractivity contribution is 7.85. The maximum Gasteiger partial charge on any atom is 0.0945 e. The first kappa shape index (κ1) is 39.0. The van der Waals surface area contributed by atoms with E-state index in [9.17, 15) is 13.0 Å². The number of hydrogen-bond donors (Lipinski definition) is 0. The molecule has 0 aliphatic rings. The van der Waals surface area contributed by atoms with E-state index in [-0.39, 0.29) is 5.75 Å². The van der Waals surface area contributed by atoms with Crippen LogP contribution in [-0.2, 0) is 10.1 Å². The van der Waals surface area contributed by atoms with Crippen molar-refractivity contribution in [3.8, 4) is 0 Å². The molecule has 0 unspecified atom stereocenters. The predicted molar refractivity (Wildman–Crippen MR) is 164 cm³/mol. The van der Waals surface area contributed by atoms with E-state index in [0.29, 0.717) is 6.42 Å². The summed E-state index contributed by atoms with van der Waals surface area (Å²) in [5.74, 6) is -0.195. The molecule has 0 amide bonds. The minimum Gasteiger partial charge on any atom is -0.748 e. The van der Waals surface area contributed by atoms with Gasteiger partial charge in [-0.2, -0.15) is 0 Å². The third kappa shape index (κ3) is 30.3. The quantitative estimate of drug-likeness (QED) is 0.0584. The van der Waals surface area contributed by atoms with Gasteiger partial charge in [0.25, 0.3) is 0 Å². The molecule has 0 aliphatic heterocycles. The highest BCUT2D eigenvalue weighted by Crippen LogP contribution is 2.19. The molecule has 0 spiro atoms. The lowest BCUT2D eigenvalue weighted by atomic mass is 10.1. The Labute approximate surface area is 235 Å². The minimum absolute atomic E-state index is 0.195. The van der Waals surface area contributed by atoms with Gasteiger partial charge in [-0.15, -0.1) is 0 Å². The van der Waals surface area contributed by atoms with Gasteiger partial charge in [0.1, 0.15) is 0 Å². The first-order valence-corrected chi connectivity index (χ1v) is 18.2. The first-order valence-electron chi connectivity index (χ1n) is 16.6. The molecule has 0 saturated carbocycles. The summed E-state index contributed by atoms with van der Waals surface area (Å²) < 4.78 is 32.0. The molecule has 37 heavy (non-hydrogen) atoms. The van der Waals surface area contributed by atoms with Crippen LogP contribution in [0, 0.1) is 0 Å². The largest absolute Gasteiger partial charge is 0.748 e. The fourth-order valence-corrected chi connectivity index (χ4v) is 5.78. The molecular weight excluding hydrogens is 478 g/mol. The van der Waals surface area contributed by atoms with Crippen LogP contribution in [-0.4, -0.2) is 49.4 Å². The van der Waals surface area contributed by atoms with Gasteiger partial charge in [0.2, 0.25) is 0 Å². The van der Waals surface area contributed by atoms with E-state index in [2.05, 4.69) is 34.6 Å². The summed E-state index contributed by atoms with van der Waals surface area (Å²) in [5.41, 5.74) is 0. The van der Waals surface area contributed by atoms with Crippen LogP contribution in [0.5, 0.6) is 0 Å². The number of rotatable bonds is 27. The van der Waals surface area contributed by atoms with Gasteiger partial charge in [-0.3, -0.25) is 0 Å². The topological polar surface area (TPSA) is 57.2 Å². The summed E-state index contributed by atoms with van der Waals surface area (Å²) in [6.07, 6.45) is 28.8. The Morgan fingerprint density at radius 2 is 0.649 bits per heavy atom. The Morgan fingerprint density at radius 3 is 0.919 bits per heavy atom. The van der Waals surface area contributed by atoms with Gasteiger partial charge in [-0.05, 0) is 57.8 Å². The molecule has 0 rings (SSSR count). The van der Waals surface area contributed by atoms with Crippen LogP contribution in [0.3, 0.4) is 0 Å². The van der Waals surface area contributed by atoms with Gasteiger partial charge < -0.3 is 9.04 Å². The minimum atomic E-state index is -3.97. The average molecular weight is 548 g/mol. The summed E-state index contributed by atoms with van der Waals surface area (Å²) in [6.45, 7) is 17.3. The SMILES string of the molecule is CCCCCCCCS(=O)(=O)[O-].CCCCCC[N+](CCCCCC)(CCCCCC)CCCCCC. The van der Waals surface area contributed by atoms with E-state index in [1.54, 1.807) is 0 Å². The van der Waals surface area contributed by atoms with Crippen LogP contribution in [0.4, 0.5) is 0 Å². The van der Waals surface area contributed by atoms with Crippen molar-refractivity contribution >= 4 is 10.1 Å². The molecular formula is C32H69NO3S. The van der Waals surface area contributed by atoms with Crippen molar-refractivity contribution in [3.05, 3.63) is 0 Å². The van der Waals surface area contributed by atoms with E-state index < -0.39 is 10.1 Å². The van der Waals surface area contributed by atoms with Crippen LogP contribution in [0.1, 0.15) is 176 Å². The lowest BCUT2D eigenvalue weighted by Gasteiger charge is -2.39. The molecule has 0 aliphatic carbocycles. The van der Waals surface area contributed by atoms with E-state index >= 15 is 0 Å². The first-order chi connectivity index (χ1) is 17.8. The third-order valence-corrected chi connectivity index (χ3v) is 8.48. The average Bonchev–Trinajstić information content (AvgIpc) is 2.87.